The second-order valence-corrected chi connectivity index (χ2v) is 5.79. The number of likely N-dealkylation sites (tertiary alicyclic amines) is 1. The SMILES string of the molecule is NCCC1CCCN(C2CCCc3occc32)C1. The minimum atomic E-state index is 0.605. The quantitative estimate of drug-likeness (QED) is 0.894. The van der Waals surface area contributed by atoms with Crippen molar-refractivity contribution >= 4 is 0 Å². The van der Waals surface area contributed by atoms with Crippen molar-refractivity contribution in [2.75, 3.05) is 19.6 Å². The molecule has 1 aromatic rings. The van der Waals surface area contributed by atoms with E-state index in [0.29, 0.717) is 6.04 Å². The Labute approximate surface area is 109 Å². The van der Waals surface area contributed by atoms with E-state index in [-0.39, 0.29) is 0 Å². The average Bonchev–Trinajstić information content (AvgIpc) is 2.87. The number of furan rings is 1. The Balaban J connectivity index is 1.72. The van der Waals surface area contributed by atoms with Crippen LogP contribution in [0.1, 0.15) is 49.5 Å². The van der Waals surface area contributed by atoms with Gasteiger partial charge in [0.15, 0.2) is 0 Å². The summed E-state index contributed by atoms with van der Waals surface area (Å²) >= 11 is 0. The third kappa shape index (κ3) is 2.34. The standard InChI is InChI=1S/C15H24N2O/c16-8-6-12-3-2-9-17(11-12)14-4-1-5-15-13(14)7-10-18-15/h7,10,12,14H,1-6,8-9,11,16H2. The first-order valence-electron chi connectivity index (χ1n) is 7.39. The Morgan fingerprint density at radius 2 is 2.28 bits per heavy atom. The molecule has 2 aliphatic rings. The molecule has 2 N–H and O–H groups in total. The largest absolute Gasteiger partial charge is 0.469 e. The fourth-order valence-corrected chi connectivity index (χ4v) is 3.69. The van der Waals surface area contributed by atoms with Crippen molar-refractivity contribution in [1.29, 1.82) is 0 Å². The van der Waals surface area contributed by atoms with E-state index in [4.69, 9.17) is 10.2 Å². The van der Waals surface area contributed by atoms with Gasteiger partial charge < -0.3 is 10.2 Å². The van der Waals surface area contributed by atoms with Gasteiger partial charge in [0.1, 0.15) is 5.76 Å². The summed E-state index contributed by atoms with van der Waals surface area (Å²) < 4.78 is 5.60. The van der Waals surface area contributed by atoms with Gasteiger partial charge in [-0.3, -0.25) is 4.90 Å². The molecule has 0 radical (unpaired) electrons. The molecule has 100 valence electrons. The molecule has 1 aromatic heterocycles. The summed E-state index contributed by atoms with van der Waals surface area (Å²) in [5, 5.41) is 0. The molecule has 1 saturated heterocycles. The number of aryl methyl sites for hydroxylation is 1. The van der Waals surface area contributed by atoms with Crippen LogP contribution in [-0.4, -0.2) is 24.5 Å². The van der Waals surface area contributed by atoms with Gasteiger partial charge in [0, 0.05) is 24.6 Å². The first kappa shape index (κ1) is 12.2. The minimum absolute atomic E-state index is 0.605. The predicted molar refractivity (Wildman–Crippen MR) is 72.4 cm³/mol. The van der Waals surface area contributed by atoms with Gasteiger partial charge in [-0.25, -0.2) is 0 Å². The number of hydrogen-bond acceptors (Lipinski definition) is 3. The highest BCUT2D eigenvalue weighted by Gasteiger charge is 2.30. The molecule has 2 heterocycles. The Bertz CT molecular complexity index is 386. The lowest BCUT2D eigenvalue weighted by atomic mass is 9.88. The van der Waals surface area contributed by atoms with Crippen molar-refractivity contribution in [2.45, 2.75) is 44.6 Å². The third-order valence-electron chi connectivity index (χ3n) is 4.59. The Morgan fingerprint density at radius 3 is 3.17 bits per heavy atom. The summed E-state index contributed by atoms with van der Waals surface area (Å²) in [6.45, 7) is 3.31. The van der Waals surface area contributed by atoms with E-state index in [0.717, 1.165) is 18.9 Å². The molecule has 2 atom stereocenters. The zero-order valence-electron chi connectivity index (χ0n) is 11.1. The Morgan fingerprint density at radius 1 is 1.33 bits per heavy atom. The molecule has 3 nitrogen and oxygen atoms in total. The van der Waals surface area contributed by atoms with Crippen molar-refractivity contribution in [3.05, 3.63) is 23.7 Å². The lowest BCUT2D eigenvalue weighted by Gasteiger charge is -2.39. The van der Waals surface area contributed by atoms with Crippen LogP contribution >= 0.6 is 0 Å². The van der Waals surface area contributed by atoms with Crippen molar-refractivity contribution in [1.82, 2.24) is 4.90 Å². The maximum atomic E-state index is 5.71. The number of rotatable bonds is 3. The van der Waals surface area contributed by atoms with Crippen LogP contribution in [0.5, 0.6) is 0 Å². The summed E-state index contributed by atoms with van der Waals surface area (Å²) in [6, 6.07) is 2.79. The highest BCUT2D eigenvalue weighted by atomic mass is 16.3. The molecule has 3 heteroatoms. The van der Waals surface area contributed by atoms with E-state index in [1.165, 1.54) is 56.5 Å². The lowest BCUT2D eigenvalue weighted by Crippen LogP contribution is -2.39. The highest BCUT2D eigenvalue weighted by molar-refractivity contribution is 5.24. The molecule has 0 aromatic carbocycles. The van der Waals surface area contributed by atoms with Crippen LogP contribution < -0.4 is 5.73 Å². The second kappa shape index (κ2) is 5.45. The van der Waals surface area contributed by atoms with Crippen LogP contribution in [0.3, 0.4) is 0 Å². The van der Waals surface area contributed by atoms with Gasteiger partial charge in [0.25, 0.3) is 0 Å². The summed E-state index contributed by atoms with van der Waals surface area (Å²) in [5.74, 6) is 2.04. The lowest BCUT2D eigenvalue weighted by molar-refractivity contribution is 0.107. The maximum absolute atomic E-state index is 5.71. The van der Waals surface area contributed by atoms with Crippen LogP contribution in [0.15, 0.2) is 16.7 Å². The van der Waals surface area contributed by atoms with E-state index in [1.54, 1.807) is 0 Å². The maximum Gasteiger partial charge on any atom is 0.108 e. The summed E-state index contributed by atoms with van der Waals surface area (Å²) in [4.78, 5) is 2.68. The van der Waals surface area contributed by atoms with Gasteiger partial charge in [0.2, 0.25) is 0 Å². The van der Waals surface area contributed by atoms with Crippen LogP contribution in [-0.2, 0) is 6.42 Å². The van der Waals surface area contributed by atoms with Crippen molar-refractivity contribution in [3.8, 4) is 0 Å². The molecule has 0 amide bonds. The highest BCUT2D eigenvalue weighted by Crippen LogP contribution is 2.37. The number of nitrogens with two attached hydrogens (primary N) is 1. The summed E-state index contributed by atoms with van der Waals surface area (Å²) in [7, 11) is 0. The molecule has 3 rings (SSSR count). The first-order chi connectivity index (χ1) is 8.88. The molecule has 1 aliphatic carbocycles. The van der Waals surface area contributed by atoms with Crippen LogP contribution in [0.2, 0.25) is 0 Å². The minimum Gasteiger partial charge on any atom is -0.469 e. The molecule has 18 heavy (non-hydrogen) atoms. The van der Waals surface area contributed by atoms with Crippen molar-refractivity contribution in [2.24, 2.45) is 11.7 Å². The topological polar surface area (TPSA) is 42.4 Å². The smallest absolute Gasteiger partial charge is 0.108 e. The van der Waals surface area contributed by atoms with Gasteiger partial charge in [-0.15, -0.1) is 0 Å². The van der Waals surface area contributed by atoms with Crippen LogP contribution in [0.4, 0.5) is 0 Å². The molecule has 1 fully saturated rings. The zero-order valence-corrected chi connectivity index (χ0v) is 11.1. The number of fused-ring (bicyclic) bond motifs is 1. The van der Waals surface area contributed by atoms with Gasteiger partial charge in [-0.2, -0.15) is 0 Å². The molecule has 1 aliphatic heterocycles. The van der Waals surface area contributed by atoms with Crippen molar-refractivity contribution in [3.63, 3.8) is 0 Å². The molecule has 0 spiro atoms. The van der Waals surface area contributed by atoms with Gasteiger partial charge in [-0.1, -0.05) is 0 Å². The van der Waals surface area contributed by atoms with E-state index < -0.39 is 0 Å². The second-order valence-electron chi connectivity index (χ2n) is 5.79. The number of nitrogens with zero attached hydrogens (tertiary/aromatic N) is 1. The van der Waals surface area contributed by atoms with E-state index in [1.807, 2.05) is 6.26 Å². The third-order valence-corrected chi connectivity index (χ3v) is 4.59. The fraction of sp³-hybridized carbons (Fsp3) is 0.733. The zero-order chi connectivity index (χ0) is 12.4. The first-order valence-corrected chi connectivity index (χ1v) is 7.39. The van der Waals surface area contributed by atoms with Gasteiger partial charge in [0.05, 0.1) is 6.26 Å². The van der Waals surface area contributed by atoms with E-state index in [2.05, 4.69) is 11.0 Å². The summed E-state index contributed by atoms with van der Waals surface area (Å²) in [5.41, 5.74) is 7.16. The van der Waals surface area contributed by atoms with Gasteiger partial charge in [-0.05, 0) is 57.2 Å². The molecular formula is C15H24N2O. The molecular weight excluding hydrogens is 224 g/mol. The molecule has 0 bridgehead atoms. The van der Waals surface area contributed by atoms with Crippen LogP contribution in [0, 0.1) is 5.92 Å². The number of hydrogen-bond donors (Lipinski definition) is 1. The fourth-order valence-electron chi connectivity index (χ4n) is 3.69. The monoisotopic (exact) mass is 248 g/mol. The van der Waals surface area contributed by atoms with E-state index >= 15 is 0 Å². The normalized spacial score (nSPS) is 29.2. The summed E-state index contributed by atoms with van der Waals surface area (Å²) in [6.07, 6.45) is 9.42. The van der Waals surface area contributed by atoms with Crippen LogP contribution in [0.25, 0.3) is 0 Å². The molecule has 2 unspecified atom stereocenters. The number of piperidine rings is 1. The Hall–Kier alpha value is -0.800. The predicted octanol–water partition coefficient (Wildman–Crippen LogP) is 2.72. The Kier molecular flexibility index (Phi) is 3.71. The van der Waals surface area contributed by atoms with Crippen molar-refractivity contribution < 1.29 is 4.42 Å². The average molecular weight is 248 g/mol. The van der Waals surface area contributed by atoms with E-state index in [9.17, 15) is 0 Å². The molecule has 0 saturated carbocycles. The van der Waals surface area contributed by atoms with Gasteiger partial charge >= 0.3 is 0 Å².